The lowest BCUT2D eigenvalue weighted by Crippen LogP contribution is -2.47. The van der Waals surface area contributed by atoms with E-state index in [0.29, 0.717) is 12.8 Å². The molecule has 7 nitrogen and oxygen atoms in total. The van der Waals surface area contributed by atoms with Crippen molar-refractivity contribution in [2.24, 2.45) is 0 Å². The molecule has 2 saturated heterocycles. The van der Waals surface area contributed by atoms with Gasteiger partial charge in [-0.15, -0.1) is 0 Å². The molecule has 2 amide bonds. The third-order valence-electron chi connectivity index (χ3n) is 5.85. The van der Waals surface area contributed by atoms with Gasteiger partial charge in [0.2, 0.25) is 0 Å². The van der Waals surface area contributed by atoms with Gasteiger partial charge in [-0.3, -0.25) is 0 Å². The summed E-state index contributed by atoms with van der Waals surface area (Å²) in [5.41, 5.74) is 2.01. The predicted octanol–water partition coefficient (Wildman–Crippen LogP) is 3.06. The zero-order chi connectivity index (χ0) is 22.0. The van der Waals surface area contributed by atoms with Crippen molar-refractivity contribution in [3.05, 3.63) is 59.7 Å². The fourth-order valence-corrected chi connectivity index (χ4v) is 4.53. The zero-order valence-electron chi connectivity index (χ0n) is 18.4. The highest BCUT2D eigenvalue weighted by molar-refractivity contribution is 5.75. The van der Waals surface area contributed by atoms with Gasteiger partial charge >= 0.3 is 6.03 Å². The summed E-state index contributed by atoms with van der Waals surface area (Å²) in [6.07, 6.45) is 0.496. The summed E-state index contributed by atoms with van der Waals surface area (Å²) >= 11 is 0. The van der Waals surface area contributed by atoms with E-state index in [1.54, 1.807) is 14.2 Å². The van der Waals surface area contributed by atoms with E-state index >= 15 is 0 Å². The zero-order valence-corrected chi connectivity index (χ0v) is 18.4. The van der Waals surface area contributed by atoms with Crippen molar-refractivity contribution in [1.82, 2.24) is 10.6 Å². The lowest BCUT2D eigenvalue weighted by molar-refractivity contribution is -0.150. The molecule has 0 spiro atoms. The van der Waals surface area contributed by atoms with Crippen LogP contribution in [0.3, 0.4) is 0 Å². The highest BCUT2D eigenvalue weighted by Gasteiger charge is 2.51. The molecule has 0 radical (unpaired) electrons. The Bertz CT molecular complexity index is 860. The van der Waals surface area contributed by atoms with Crippen LogP contribution in [0.25, 0.3) is 0 Å². The first-order chi connectivity index (χ1) is 14.9. The molecule has 0 bridgehead atoms. The normalized spacial score (nSPS) is 26.9. The Morgan fingerprint density at radius 3 is 1.65 bits per heavy atom. The van der Waals surface area contributed by atoms with E-state index in [-0.39, 0.29) is 30.3 Å². The number of hydrogen-bond donors (Lipinski definition) is 2. The van der Waals surface area contributed by atoms with Gasteiger partial charge in [-0.25, -0.2) is 4.79 Å². The summed E-state index contributed by atoms with van der Waals surface area (Å²) in [4.78, 5) is 12.8. The summed E-state index contributed by atoms with van der Waals surface area (Å²) in [6, 6.07) is 14.9. The molecular weight excluding hydrogens is 396 g/mol. The van der Waals surface area contributed by atoms with Gasteiger partial charge in [-0.1, -0.05) is 36.4 Å². The standard InChI is InChI=1S/C24H30N2O5/c1-24(2)30-21-17(13-15-9-5-7-11-19(15)28-3)25-23(27)26-18(22(21)31-24)14-16-10-6-8-12-20(16)29-4/h5-12,17-18,21-22H,13-14H2,1-4H3,(H2,25,26,27)/t17-,18-,21+,22+/m1/s1. The lowest BCUT2D eigenvalue weighted by Gasteiger charge is -2.27. The van der Waals surface area contributed by atoms with Crippen LogP contribution in [-0.4, -0.2) is 50.3 Å². The van der Waals surface area contributed by atoms with Gasteiger partial charge in [0, 0.05) is 0 Å². The number of amides is 2. The second-order valence-corrected chi connectivity index (χ2v) is 8.43. The van der Waals surface area contributed by atoms with Crippen molar-refractivity contribution >= 4 is 6.03 Å². The van der Waals surface area contributed by atoms with Crippen LogP contribution in [0.4, 0.5) is 4.79 Å². The van der Waals surface area contributed by atoms with Gasteiger partial charge < -0.3 is 29.6 Å². The first-order valence-corrected chi connectivity index (χ1v) is 10.6. The van der Waals surface area contributed by atoms with E-state index in [0.717, 1.165) is 22.6 Å². The van der Waals surface area contributed by atoms with E-state index in [4.69, 9.17) is 18.9 Å². The van der Waals surface area contributed by atoms with Gasteiger partial charge in [0.15, 0.2) is 5.79 Å². The van der Waals surface area contributed by atoms with Crippen molar-refractivity contribution in [3.63, 3.8) is 0 Å². The van der Waals surface area contributed by atoms with Crippen molar-refractivity contribution < 1.29 is 23.7 Å². The Kier molecular flexibility index (Phi) is 6.07. The van der Waals surface area contributed by atoms with Gasteiger partial charge in [0.1, 0.15) is 23.7 Å². The van der Waals surface area contributed by atoms with Crippen molar-refractivity contribution in [2.75, 3.05) is 14.2 Å². The quantitative estimate of drug-likeness (QED) is 0.742. The number of carbonyl (C=O) groups is 1. The number of methoxy groups -OCH3 is 2. The van der Waals surface area contributed by atoms with Gasteiger partial charge in [-0.05, 0) is 49.9 Å². The molecule has 4 rings (SSSR count). The van der Waals surface area contributed by atoms with E-state index < -0.39 is 5.79 Å². The highest BCUT2D eigenvalue weighted by atomic mass is 16.8. The number of rotatable bonds is 6. The molecule has 0 unspecified atom stereocenters. The highest BCUT2D eigenvalue weighted by Crippen LogP contribution is 2.36. The fraction of sp³-hybridized carbons (Fsp3) is 0.458. The number of nitrogens with one attached hydrogen (secondary N) is 2. The Labute approximate surface area is 183 Å². The van der Waals surface area contributed by atoms with E-state index in [2.05, 4.69) is 10.6 Å². The van der Waals surface area contributed by atoms with Crippen LogP contribution in [0, 0.1) is 0 Å². The first kappa shape index (κ1) is 21.5. The molecule has 166 valence electrons. The average Bonchev–Trinajstić information content (AvgIpc) is 3.03. The summed E-state index contributed by atoms with van der Waals surface area (Å²) in [6.45, 7) is 3.81. The topological polar surface area (TPSA) is 78.1 Å². The molecule has 4 atom stereocenters. The summed E-state index contributed by atoms with van der Waals surface area (Å²) in [5.74, 6) is 0.820. The second-order valence-electron chi connectivity index (χ2n) is 8.43. The molecule has 2 aromatic rings. The minimum Gasteiger partial charge on any atom is -0.496 e. The Morgan fingerprint density at radius 1 is 0.806 bits per heavy atom. The minimum absolute atomic E-state index is 0.237. The minimum atomic E-state index is -0.753. The Hall–Kier alpha value is -2.77. The van der Waals surface area contributed by atoms with Crippen LogP contribution < -0.4 is 20.1 Å². The number of urea groups is 1. The van der Waals surface area contributed by atoms with Crippen LogP contribution in [0.1, 0.15) is 25.0 Å². The Morgan fingerprint density at radius 2 is 1.23 bits per heavy atom. The molecule has 0 aromatic heterocycles. The lowest BCUT2D eigenvalue weighted by atomic mass is 9.92. The largest absolute Gasteiger partial charge is 0.496 e. The monoisotopic (exact) mass is 426 g/mol. The van der Waals surface area contributed by atoms with Gasteiger partial charge in [0.25, 0.3) is 0 Å². The number of carbonyl (C=O) groups excluding carboxylic acids is 1. The molecule has 2 fully saturated rings. The van der Waals surface area contributed by atoms with E-state index in [9.17, 15) is 4.79 Å². The number of hydrogen-bond acceptors (Lipinski definition) is 5. The smallest absolute Gasteiger partial charge is 0.315 e. The summed E-state index contributed by atoms with van der Waals surface area (Å²) in [5, 5.41) is 6.18. The van der Waals surface area contributed by atoms with Crippen molar-refractivity contribution in [3.8, 4) is 11.5 Å². The van der Waals surface area contributed by atoms with E-state index in [1.807, 2.05) is 62.4 Å². The molecule has 0 saturated carbocycles. The summed E-state index contributed by atoms with van der Waals surface area (Å²) < 4.78 is 23.6. The maximum Gasteiger partial charge on any atom is 0.315 e. The maximum absolute atomic E-state index is 12.8. The second kappa shape index (κ2) is 8.77. The SMILES string of the molecule is COc1ccccc1C[C@H]1NC(=O)N[C@H](Cc2ccccc2OC)[C@@H]2OC(C)(C)O[C@H]21. The third-order valence-corrected chi connectivity index (χ3v) is 5.85. The molecule has 2 aromatic carbocycles. The fourth-order valence-electron chi connectivity index (χ4n) is 4.53. The molecule has 2 aliphatic heterocycles. The van der Waals surface area contributed by atoms with Crippen LogP contribution in [0.15, 0.2) is 48.5 Å². The molecule has 2 aliphatic rings. The maximum atomic E-state index is 12.8. The molecule has 31 heavy (non-hydrogen) atoms. The van der Waals surface area contributed by atoms with Crippen LogP contribution in [-0.2, 0) is 22.3 Å². The number of para-hydroxylation sites is 2. The molecule has 7 heteroatoms. The molecule has 2 N–H and O–H groups in total. The summed E-state index contributed by atoms with van der Waals surface area (Å²) in [7, 11) is 3.30. The van der Waals surface area contributed by atoms with Gasteiger partial charge in [0.05, 0.1) is 26.3 Å². The number of benzene rings is 2. The first-order valence-electron chi connectivity index (χ1n) is 10.6. The molecular formula is C24H30N2O5. The Balaban J connectivity index is 1.63. The van der Waals surface area contributed by atoms with Crippen LogP contribution >= 0.6 is 0 Å². The molecule has 0 aliphatic carbocycles. The van der Waals surface area contributed by atoms with Crippen molar-refractivity contribution in [2.45, 2.75) is 56.8 Å². The number of fused-ring (bicyclic) bond motifs is 1. The predicted molar refractivity (Wildman–Crippen MR) is 116 cm³/mol. The van der Waals surface area contributed by atoms with E-state index in [1.165, 1.54) is 0 Å². The van der Waals surface area contributed by atoms with Crippen LogP contribution in [0.5, 0.6) is 11.5 Å². The average molecular weight is 427 g/mol. The molecule has 2 heterocycles. The third kappa shape index (κ3) is 4.62. The van der Waals surface area contributed by atoms with Crippen LogP contribution in [0.2, 0.25) is 0 Å². The van der Waals surface area contributed by atoms with Gasteiger partial charge in [-0.2, -0.15) is 0 Å². The van der Waals surface area contributed by atoms with Crippen molar-refractivity contribution in [1.29, 1.82) is 0 Å². The number of ether oxygens (including phenoxy) is 4.